The van der Waals surface area contributed by atoms with Gasteiger partial charge in [0.2, 0.25) is 11.8 Å². The van der Waals surface area contributed by atoms with E-state index in [1.165, 1.54) is 11.1 Å². The van der Waals surface area contributed by atoms with Crippen LogP contribution in [-0.2, 0) is 9.59 Å². The maximum atomic E-state index is 12.4. The van der Waals surface area contributed by atoms with Gasteiger partial charge in [-0.3, -0.25) is 14.5 Å². The molecule has 0 atom stereocenters. The van der Waals surface area contributed by atoms with Crippen LogP contribution < -0.4 is 5.32 Å². The highest BCUT2D eigenvalue weighted by atomic mass is 16.2. The molecule has 1 heterocycles. The zero-order valence-corrected chi connectivity index (χ0v) is 14.2. The third-order valence-electron chi connectivity index (χ3n) is 4.47. The lowest BCUT2D eigenvalue weighted by Crippen LogP contribution is -2.44. The molecule has 1 N–H and O–H groups in total. The van der Waals surface area contributed by atoms with Gasteiger partial charge in [0, 0.05) is 19.1 Å². The highest BCUT2D eigenvalue weighted by Gasteiger charge is 2.24. The van der Waals surface area contributed by atoms with Crippen molar-refractivity contribution in [1.82, 2.24) is 15.1 Å². The summed E-state index contributed by atoms with van der Waals surface area (Å²) < 4.78 is 0. The number of rotatable bonds is 6. The van der Waals surface area contributed by atoms with Crippen molar-refractivity contribution in [2.45, 2.75) is 25.3 Å². The summed E-state index contributed by atoms with van der Waals surface area (Å²) in [5.41, 5.74) is 2.54. The van der Waals surface area contributed by atoms with Gasteiger partial charge in [0.25, 0.3) is 0 Å². The molecular formula is C19H25N3O2. The van der Waals surface area contributed by atoms with Crippen molar-refractivity contribution in [3.05, 3.63) is 42.0 Å². The number of carbonyl (C=O) groups is 2. The van der Waals surface area contributed by atoms with Crippen molar-refractivity contribution >= 4 is 17.4 Å². The predicted octanol–water partition coefficient (Wildman–Crippen LogP) is 1.51. The Bertz CT molecular complexity index is 623. The molecule has 0 saturated heterocycles. The molecule has 24 heavy (non-hydrogen) atoms. The van der Waals surface area contributed by atoms with E-state index in [1.807, 2.05) is 30.1 Å². The SMILES string of the molecule is CN(CC(=O)NC1CC1)CC(=O)N1CC=C(c2ccccc2)CC1. The minimum absolute atomic E-state index is 0.0118. The van der Waals surface area contributed by atoms with E-state index < -0.39 is 0 Å². The van der Waals surface area contributed by atoms with Gasteiger partial charge >= 0.3 is 0 Å². The summed E-state index contributed by atoms with van der Waals surface area (Å²) in [6.07, 6.45) is 5.18. The highest BCUT2D eigenvalue weighted by molar-refractivity contribution is 5.82. The van der Waals surface area contributed by atoms with Crippen LogP contribution in [0.5, 0.6) is 0 Å². The number of nitrogens with one attached hydrogen (secondary N) is 1. The Kier molecular flexibility index (Phi) is 5.30. The fourth-order valence-electron chi connectivity index (χ4n) is 2.94. The molecule has 5 heteroatoms. The summed E-state index contributed by atoms with van der Waals surface area (Å²) in [6.45, 7) is 1.95. The lowest BCUT2D eigenvalue weighted by Gasteiger charge is -2.28. The summed E-state index contributed by atoms with van der Waals surface area (Å²) in [5, 5.41) is 2.95. The summed E-state index contributed by atoms with van der Waals surface area (Å²) in [6, 6.07) is 10.7. The van der Waals surface area contributed by atoms with Gasteiger partial charge in [-0.25, -0.2) is 0 Å². The molecule has 3 rings (SSSR count). The molecule has 0 bridgehead atoms. The molecule has 1 aromatic carbocycles. The van der Waals surface area contributed by atoms with E-state index in [0.29, 0.717) is 12.6 Å². The molecule has 0 radical (unpaired) electrons. The normalized spacial score (nSPS) is 17.6. The van der Waals surface area contributed by atoms with Crippen molar-refractivity contribution in [1.29, 1.82) is 0 Å². The van der Waals surface area contributed by atoms with Crippen LogP contribution in [0, 0.1) is 0 Å². The quantitative estimate of drug-likeness (QED) is 0.862. The largest absolute Gasteiger partial charge is 0.352 e. The number of hydrogen-bond acceptors (Lipinski definition) is 3. The molecule has 0 spiro atoms. The van der Waals surface area contributed by atoms with E-state index in [1.54, 1.807) is 4.90 Å². The average Bonchev–Trinajstić information content (AvgIpc) is 3.39. The van der Waals surface area contributed by atoms with Gasteiger partial charge in [-0.15, -0.1) is 0 Å². The summed E-state index contributed by atoms with van der Waals surface area (Å²) in [5.74, 6) is 0.0952. The van der Waals surface area contributed by atoms with Crippen molar-refractivity contribution < 1.29 is 9.59 Å². The van der Waals surface area contributed by atoms with E-state index >= 15 is 0 Å². The maximum absolute atomic E-state index is 12.4. The van der Waals surface area contributed by atoms with Crippen LogP contribution in [0.2, 0.25) is 0 Å². The third kappa shape index (κ3) is 4.68. The van der Waals surface area contributed by atoms with Crippen LogP contribution >= 0.6 is 0 Å². The number of benzene rings is 1. The van der Waals surface area contributed by atoms with Gasteiger partial charge in [0.15, 0.2) is 0 Å². The molecule has 1 aliphatic heterocycles. The Balaban J connectivity index is 1.46. The smallest absolute Gasteiger partial charge is 0.237 e. The molecular weight excluding hydrogens is 302 g/mol. The fourth-order valence-corrected chi connectivity index (χ4v) is 2.94. The number of nitrogens with zero attached hydrogens (tertiary/aromatic N) is 2. The van der Waals surface area contributed by atoms with Gasteiger partial charge in [0.1, 0.15) is 0 Å². The van der Waals surface area contributed by atoms with Crippen molar-refractivity contribution in [2.75, 3.05) is 33.2 Å². The van der Waals surface area contributed by atoms with Crippen molar-refractivity contribution in [3.63, 3.8) is 0 Å². The molecule has 2 amide bonds. The molecule has 128 valence electrons. The number of carbonyl (C=O) groups excluding carboxylic acids is 2. The Morgan fingerprint density at radius 3 is 2.58 bits per heavy atom. The van der Waals surface area contributed by atoms with Crippen LogP contribution in [-0.4, -0.2) is 60.9 Å². The number of hydrogen-bond donors (Lipinski definition) is 1. The second-order valence-electron chi connectivity index (χ2n) is 6.70. The Morgan fingerprint density at radius 2 is 1.96 bits per heavy atom. The molecule has 1 saturated carbocycles. The van der Waals surface area contributed by atoms with Gasteiger partial charge in [-0.05, 0) is 37.4 Å². The first-order valence-electron chi connectivity index (χ1n) is 8.62. The van der Waals surface area contributed by atoms with E-state index in [9.17, 15) is 9.59 Å². The van der Waals surface area contributed by atoms with Crippen LogP contribution in [0.15, 0.2) is 36.4 Å². The summed E-state index contributed by atoms with van der Waals surface area (Å²) in [4.78, 5) is 27.8. The van der Waals surface area contributed by atoms with Crippen LogP contribution in [0.25, 0.3) is 5.57 Å². The zero-order valence-electron chi connectivity index (χ0n) is 14.2. The van der Waals surface area contributed by atoms with Gasteiger partial charge in [0.05, 0.1) is 13.1 Å². The summed E-state index contributed by atoms with van der Waals surface area (Å²) in [7, 11) is 1.82. The highest BCUT2D eigenvalue weighted by Crippen LogP contribution is 2.22. The minimum atomic E-state index is 0.0118. The van der Waals surface area contributed by atoms with Crippen molar-refractivity contribution in [2.24, 2.45) is 0 Å². The van der Waals surface area contributed by atoms with Crippen LogP contribution in [0.4, 0.5) is 0 Å². The molecule has 5 nitrogen and oxygen atoms in total. The molecule has 1 fully saturated rings. The topological polar surface area (TPSA) is 52.7 Å². The Labute approximate surface area is 143 Å². The van der Waals surface area contributed by atoms with Crippen LogP contribution in [0.3, 0.4) is 0 Å². The first-order chi connectivity index (χ1) is 11.6. The molecule has 0 unspecified atom stereocenters. The summed E-state index contributed by atoms with van der Waals surface area (Å²) >= 11 is 0. The molecule has 1 aliphatic carbocycles. The lowest BCUT2D eigenvalue weighted by atomic mass is 9.99. The lowest BCUT2D eigenvalue weighted by molar-refractivity contribution is -0.132. The van der Waals surface area contributed by atoms with Crippen LogP contribution in [0.1, 0.15) is 24.8 Å². The van der Waals surface area contributed by atoms with E-state index in [0.717, 1.165) is 25.8 Å². The molecule has 2 aliphatic rings. The predicted molar refractivity (Wildman–Crippen MR) is 94.3 cm³/mol. The van der Waals surface area contributed by atoms with Crippen molar-refractivity contribution in [3.8, 4) is 0 Å². The van der Waals surface area contributed by atoms with Gasteiger partial charge < -0.3 is 10.2 Å². The monoisotopic (exact) mass is 327 g/mol. The second kappa shape index (κ2) is 7.62. The Morgan fingerprint density at radius 1 is 1.21 bits per heavy atom. The first-order valence-corrected chi connectivity index (χ1v) is 8.62. The molecule has 0 aromatic heterocycles. The molecule has 1 aromatic rings. The number of amides is 2. The number of likely N-dealkylation sites (N-methyl/N-ethyl adjacent to an activating group) is 1. The maximum Gasteiger partial charge on any atom is 0.237 e. The fraction of sp³-hybridized carbons (Fsp3) is 0.474. The standard InChI is InChI=1S/C19H25N3O2/c1-21(13-18(23)20-17-7-8-17)14-19(24)22-11-9-16(10-12-22)15-5-3-2-4-6-15/h2-6,9,17H,7-8,10-14H2,1H3,(H,20,23). The third-order valence-corrected chi connectivity index (χ3v) is 4.47. The van der Waals surface area contributed by atoms with Gasteiger partial charge in [-0.1, -0.05) is 36.4 Å². The van der Waals surface area contributed by atoms with E-state index in [2.05, 4.69) is 23.5 Å². The van der Waals surface area contributed by atoms with E-state index in [-0.39, 0.29) is 24.9 Å². The average molecular weight is 327 g/mol. The zero-order chi connectivity index (χ0) is 16.9. The second-order valence-corrected chi connectivity index (χ2v) is 6.70. The first kappa shape index (κ1) is 16.7. The Hall–Kier alpha value is -2.14. The van der Waals surface area contributed by atoms with Gasteiger partial charge in [-0.2, -0.15) is 0 Å². The minimum Gasteiger partial charge on any atom is -0.352 e. The van der Waals surface area contributed by atoms with E-state index in [4.69, 9.17) is 0 Å².